The highest BCUT2D eigenvalue weighted by Gasteiger charge is 2.15. The Bertz CT molecular complexity index is 717. The van der Waals surface area contributed by atoms with Gasteiger partial charge in [0, 0.05) is 25.6 Å². The third-order valence-electron chi connectivity index (χ3n) is 3.71. The number of aromatic nitrogens is 2. The predicted octanol–water partition coefficient (Wildman–Crippen LogP) is 2.30. The number of amides is 2. The van der Waals surface area contributed by atoms with Gasteiger partial charge in [-0.25, -0.2) is 0 Å². The van der Waals surface area contributed by atoms with Crippen molar-refractivity contribution in [2.24, 2.45) is 13.0 Å². The van der Waals surface area contributed by atoms with Crippen LogP contribution in [0.4, 0.5) is 5.82 Å². The molecule has 2 aromatic rings. The number of carbonyl (C=O) groups is 2. The molecule has 0 spiro atoms. The Kier molecular flexibility index (Phi) is 5.73. The van der Waals surface area contributed by atoms with Crippen LogP contribution in [0.2, 0.25) is 0 Å². The second kappa shape index (κ2) is 7.77. The topological polar surface area (TPSA) is 76.0 Å². The summed E-state index contributed by atoms with van der Waals surface area (Å²) in [5.41, 5.74) is 2.68. The molecule has 1 aromatic carbocycles. The van der Waals surface area contributed by atoms with Crippen LogP contribution < -0.4 is 10.6 Å². The summed E-state index contributed by atoms with van der Waals surface area (Å²) in [6.45, 7) is 6.20. The minimum atomic E-state index is -0.247. The summed E-state index contributed by atoms with van der Waals surface area (Å²) in [6.07, 6.45) is 0.760. The highest BCUT2D eigenvalue weighted by Crippen LogP contribution is 2.11. The van der Waals surface area contributed by atoms with Gasteiger partial charge in [-0.15, -0.1) is 0 Å². The highest BCUT2D eigenvalue weighted by atomic mass is 16.2. The molecule has 24 heavy (non-hydrogen) atoms. The van der Waals surface area contributed by atoms with Gasteiger partial charge in [0.2, 0.25) is 5.91 Å². The first-order chi connectivity index (χ1) is 11.4. The van der Waals surface area contributed by atoms with Gasteiger partial charge in [0.05, 0.1) is 0 Å². The molecule has 2 rings (SSSR count). The van der Waals surface area contributed by atoms with Gasteiger partial charge in [-0.1, -0.05) is 43.7 Å². The molecular weight excluding hydrogens is 304 g/mol. The first-order valence-corrected chi connectivity index (χ1v) is 8.05. The molecular formula is C18H24N4O2. The van der Waals surface area contributed by atoms with Crippen molar-refractivity contribution in [2.75, 3.05) is 11.9 Å². The molecule has 0 radical (unpaired) electrons. The van der Waals surface area contributed by atoms with Gasteiger partial charge in [-0.2, -0.15) is 5.10 Å². The third kappa shape index (κ3) is 4.68. The summed E-state index contributed by atoms with van der Waals surface area (Å²) < 4.78 is 1.50. The van der Waals surface area contributed by atoms with Crippen LogP contribution >= 0.6 is 0 Å². The van der Waals surface area contributed by atoms with Gasteiger partial charge in [0.15, 0.2) is 5.69 Å². The molecule has 0 saturated carbocycles. The average molecular weight is 328 g/mol. The monoisotopic (exact) mass is 328 g/mol. The van der Waals surface area contributed by atoms with Gasteiger partial charge < -0.3 is 10.6 Å². The number of hydrogen-bond donors (Lipinski definition) is 2. The van der Waals surface area contributed by atoms with Crippen molar-refractivity contribution < 1.29 is 9.59 Å². The highest BCUT2D eigenvalue weighted by molar-refractivity contribution is 5.95. The summed E-state index contributed by atoms with van der Waals surface area (Å²) in [4.78, 5) is 23.9. The lowest BCUT2D eigenvalue weighted by molar-refractivity contribution is -0.118. The Labute approximate surface area is 142 Å². The second-order valence-corrected chi connectivity index (χ2v) is 6.17. The molecule has 128 valence electrons. The van der Waals surface area contributed by atoms with E-state index in [2.05, 4.69) is 40.0 Å². The van der Waals surface area contributed by atoms with Crippen LogP contribution in [-0.2, 0) is 18.3 Å². The van der Waals surface area contributed by atoms with Crippen molar-refractivity contribution in [3.05, 3.63) is 47.2 Å². The predicted molar refractivity (Wildman–Crippen MR) is 93.9 cm³/mol. The van der Waals surface area contributed by atoms with Gasteiger partial charge in [-0.3, -0.25) is 14.3 Å². The fourth-order valence-electron chi connectivity index (χ4n) is 2.13. The first-order valence-electron chi connectivity index (χ1n) is 8.05. The Hall–Kier alpha value is -2.63. The van der Waals surface area contributed by atoms with Crippen molar-refractivity contribution in [2.45, 2.75) is 27.2 Å². The van der Waals surface area contributed by atoms with Crippen LogP contribution in [-0.4, -0.2) is 28.1 Å². The number of nitrogens with zero attached hydrogens (tertiary/aromatic N) is 2. The second-order valence-electron chi connectivity index (χ2n) is 6.17. The maximum atomic E-state index is 12.2. The summed E-state index contributed by atoms with van der Waals surface area (Å²) in [5, 5.41) is 9.75. The van der Waals surface area contributed by atoms with E-state index in [0.29, 0.717) is 18.1 Å². The van der Waals surface area contributed by atoms with Crippen molar-refractivity contribution in [3.8, 4) is 0 Å². The zero-order valence-electron chi connectivity index (χ0n) is 14.6. The van der Waals surface area contributed by atoms with Crippen molar-refractivity contribution >= 4 is 17.6 Å². The van der Waals surface area contributed by atoms with Crippen LogP contribution in [0, 0.1) is 12.8 Å². The fourth-order valence-corrected chi connectivity index (χ4v) is 2.13. The first kappa shape index (κ1) is 17.7. The minimum Gasteiger partial charge on any atom is -0.350 e. The van der Waals surface area contributed by atoms with E-state index < -0.39 is 0 Å². The van der Waals surface area contributed by atoms with E-state index in [1.807, 2.05) is 20.8 Å². The van der Waals surface area contributed by atoms with E-state index in [1.54, 1.807) is 13.1 Å². The Balaban J connectivity index is 1.90. The summed E-state index contributed by atoms with van der Waals surface area (Å²) >= 11 is 0. The summed E-state index contributed by atoms with van der Waals surface area (Å²) in [6, 6.07) is 9.81. The van der Waals surface area contributed by atoms with Gasteiger partial charge in [0.1, 0.15) is 5.82 Å². The maximum Gasteiger partial charge on any atom is 0.271 e. The lowest BCUT2D eigenvalue weighted by Gasteiger charge is -2.06. The van der Waals surface area contributed by atoms with Crippen LogP contribution in [0.15, 0.2) is 30.3 Å². The standard InChI is InChI=1S/C18H24N4O2/c1-12(2)17(23)20-16-11-15(21-22(16)4)18(24)19-10-9-14-7-5-13(3)6-8-14/h5-8,11-12H,9-10H2,1-4H3,(H,19,24)(H,20,23). The van der Waals surface area contributed by atoms with Gasteiger partial charge in [0.25, 0.3) is 5.91 Å². The molecule has 0 aliphatic carbocycles. The van der Waals surface area contributed by atoms with E-state index in [1.165, 1.54) is 15.8 Å². The number of nitrogens with one attached hydrogen (secondary N) is 2. The van der Waals surface area contributed by atoms with Crippen LogP contribution in [0.25, 0.3) is 0 Å². The zero-order valence-corrected chi connectivity index (χ0v) is 14.6. The number of carbonyl (C=O) groups excluding carboxylic acids is 2. The molecule has 0 aliphatic rings. The van der Waals surface area contributed by atoms with Gasteiger partial charge in [-0.05, 0) is 18.9 Å². The molecule has 0 fully saturated rings. The van der Waals surface area contributed by atoms with E-state index in [9.17, 15) is 9.59 Å². The smallest absolute Gasteiger partial charge is 0.271 e. The molecule has 0 unspecified atom stereocenters. The number of rotatable bonds is 6. The number of benzene rings is 1. The molecule has 2 amide bonds. The molecule has 0 saturated heterocycles. The SMILES string of the molecule is Cc1ccc(CCNC(=O)c2cc(NC(=O)C(C)C)n(C)n2)cc1. The van der Waals surface area contributed by atoms with Crippen molar-refractivity contribution in [1.29, 1.82) is 0 Å². The van der Waals surface area contributed by atoms with E-state index >= 15 is 0 Å². The van der Waals surface area contributed by atoms with Gasteiger partial charge >= 0.3 is 0 Å². The van der Waals surface area contributed by atoms with E-state index in [4.69, 9.17) is 0 Å². The molecule has 6 heteroatoms. The molecule has 1 heterocycles. The molecule has 6 nitrogen and oxygen atoms in total. The lowest BCUT2D eigenvalue weighted by atomic mass is 10.1. The van der Waals surface area contributed by atoms with Crippen LogP contribution in [0.1, 0.15) is 35.5 Å². The minimum absolute atomic E-state index is 0.107. The van der Waals surface area contributed by atoms with Crippen molar-refractivity contribution in [1.82, 2.24) is 15.1 Å². The van der Waals surface area contributed by atoms with Crippen LogP contribution in [0.5, 0.6) is 0 Å². The molecule has 2 N–H and O–H groups in total. The third-order valence-corrected chi connectivity index (χ3v) is 3.71. The summed E-state index contributed by atoms with van der Waals surface area (Å²) in [7, 11) is 1.69. The Morgan fingerprint density at radius 1 is 1.21 bits per heavy atom. The largest absolute Gasteiger partial charge is 0.350 e. The number of anilines is 1. The van der Waals surface area contributed by atoms with E-state index in [-0.39, 0.29) is 17.7 Å². The Morgan fingerprint density at radius 2 is 1.88 bits per heavy atom. The fraction of sp³-hybridized carbons (Fsp3) is 0.389. The number of hydrogen-bond acceptors (Lipinski definition) is 3. The molecule has 1 aromatic heterocycles. The van der Waals surface area contributed by atoms with Crippen LogP contribution in [0.3, 0.4) is 0 Å². The normalized spacial score (nSPS) is 10.7. The Morgan fingerprint density at radius 3 is 2.50 bits per heavy atom. The average Bonchev–Trinajstić information content (AvgIpc) is 2.90. The quantitative estimate of drug-likeness (QED) is 0.854. The number of aryl methyl sites for hydroxylation is 2. The zero-order chi connectivity index (χ0) is 17.7. The van der Waals surface area contributed by atoms with E-state index in [0.717, 1.165) is 6.42 Å². The molecule has 0 bridgehead atoms. The summed E-state index contributed by atoms with van der Waals surface area (Å²) in [5.74, 6) is 0.0242. The molecule has 0 atom stereocenters. The maximum absolute atomic E-state index is 12.2. The van der Waals surface area contributed by atoms with Crippen molar-refractivity contribution in [3.63, 3.8) is 0 Å². The lowest BCUT2D eigenvalue weighted by Crippen LogP contribution is -2.26. The molecule has 0 aliphatic heterocycles.